The van der Waals surface area contributed by atoms with Gasteiger partial charge < -0.3 is 19.7 Å². The minimum atomic E-state index is 0.0805. The first-order valence-corrected chi connectivity index (χ1v) is 5.98. The Bertz CT molecular complexity index is 194. The summed E-state index contributed by atoms with van der Waals surface area (Å²) in [5, 5.41) is 3.21. The van der Waals surface area contributed by atoms with E-state index in [9.17, 15) is 4.79 Å². The highest BCUT2D eigenvalue weighted by Gasteiger charge is 2.15. The van der Waals surface area contributed by atoms with Gasteiger partial charge in [-0.05, 0) is 6.42 Å². The van der Waals surface area contributed by atoms with Gasteiger partial charge in [-0.15, -0.1) is 0 Å². The van der Waals surface area contributed by atoms with Gasteiger partial charge in [0.1, 0.15) is 6.61 Å². The van der Waals surface area contributed by atoms with E-state index < -0.39 is 0 Å². The summed E-state index contributed by atoms with van der Waals surface area (Å²) in [6.45, 7) is 7.40. The molecular formula is C11H22N2O3. The molecule has 0 bridgehead atoms. The number of carbonyl (C=O) groups is 1. The predicted octanol–water partition coefficient (Wildman–Crippen LogP) is -0.139. The van der Waals surface area contributed by atoms with Crippen LogP contribution in [0.5, 0.6) is 0 Å². The van der Waals surface area contributed by atoms with Crippen molar-refractivity contribution >= 4 is 5.91 Å². The summed E-state index contributed by atoms with van der Waals surface area (Å²) < 4.78 is 10.5. The van der Waals surface area contributed by atoms with Crippen molar-refractivity contribution in [2.24, 2.45) is 0 Å². The van der Waals surface area contributed by atoms with E-state index in [0.717, 1.165) is 39.2 Å². The Labute approximate surface area is 97.1 Å². The molecule has 1 N–H and O–H groups in total. The van der Waals surface area contributed by atoms with Crippen molar-refractivity contribution in [2.45, 2.75) is 13.3 Å². The quantitative estimate of drug-likeness (QED) is 0.619. The zero-order chi connectivity index (χ0) is 11.6. The monoisotopic (exact) mass is 230 g/mol. The van der Waals surface area contributed by atoms with Gasteiger partial charge in [-0.3, -0.25) is 4.79 Å². The number of piperazine rings is 1. The molecule has 0 aromatic rings. The van der Waals surface area contributed by atoms with E-state index in [1.807, 2.05) is 4.90 Å². The third kappa shape index (κ3) is 5.44. The molecule has 1 aliphatic heterocycles. The fraction of sp³-hybridized carbons (Fsp3) is 0.909. The molecule has 0 aromatic carbocycles. The largest absolute Gasteiger partial charge is 0.379 e. The van der Waals surface area contributed by atoms with Crippen molar-refractivity contribution in [3.05, 3.63) is 0 Å². The SMILES string of the molecule is CCCOCCOCC(=O)N1CCNCC1. The molecule has 5 nitrogen and oxygen atoms in total. The Morgan fingerprint density at radius 2 is 1.88 bits per heavy atom. The van der Waals surface area contributed by atoms with Crippen molar-refractivity contribution in [1.82, 2.24) is 10.2 Å². The molecule has 0 atom stereocenters. The minimum Gasteiger partial charge on any atom is -0.379 e. The van der Waals surface area contributed by atoms with Gasteiger partial charge in [-0.2, -0.15) is 0 Å². The predicted molar refractivity (Wildman–Crippen MR) is 61.4 cm³/mol. The molecule has 0 unspecified atom stereocenters. The van der Waals surface area contributed by atoms with Crippen LogP contribution in [0.15, 0.2) is 0 Å². The third-order valence-electron chi connectivity index (χ3n) is 2.42. The van der Waals surface area contributed by atoms with Gasteiger partial charge in [-0.25, -0.2) is 0 Å². The molecule has 16 heavy (non-hydrogen) atoms. The lowest BCUT2D eigenvalue weighted by Crippen LogP contribution is -2.47. The van der Waals surface area contributed by atoms with Gasteiger partial charge in [-0.1, -0.05) is 6.92 Å². The molecule has 1 aliphatic rings. The Morgan fingerprint density at radius 3 is 2.56 bits per heavy atom. The summed E-state index contributed by atoms with van der Waals surface area (Å²) in [6.07, 6.45) is 1.01. The van der Waals surface area contributed by atoms with Crippen LogP contribution in [0.1, 0.15) is 13.3 Å². The molecule has 5 heteroatoms. The highest BCUT2D eigenvalue weighted by Crippen LogP contribution is 1.94. The Morgan fingerprint density at radius 1 is 1.19 bits per heavy atom. The number of nitrogens with one attached hydrogen (secondary N) is 1. The van der Waals surface area contributed by atoms with Crippen LogP contribution in [0, 0.1) is 0 Å². The Balaban J connectivity index is 1.97. The zero-order valence-electron chi connectivity index (χ0n) is 10.0. The molecule has 1 amide bonds. The number of ether oxygens (including phenoxy) is 2. The average molecular weight is 230 g/mol. The fourth-order valence-corrected chi connectivity index (χ4v) is 1.53. The standard InChI is InChI=1S/C11H22N2O3/c1-2-7-15-8-9-16-10-11(14)13-5-3-12-4-6-13/h12H,2-10H2,1H3. The summed E-state index contributed by atoms with van der Waals surface area (Å²) in [6, 6.07) is 0. The van der Waals surface area contributed by atoms with Gasteiger partial charge in [0, 0.05) is 32.8 Å². The molecule has 0 aromatic heterocycles. The van der Waals surface area contributed by atoms with Crippen LogP contribution in [-0.2, 0) is 14.3 Å². The van der Waals surface area contributed by atoms with E-state index in [1.165, 1.54) is 0 Å². The molecule has 0 saturated carbocycles. The molecular weight excluding hydrogens is 208 g/mol. The van der Waals surface area contributed by atoms with Gasteiger partial charge in [0.05, 0.1) is 13.2 Å². The first-order chi connectivity index (χ1) is 7.84. The van der Waals surface area contributed by atoms with E-state index in [0.29, 0.717) is 13.2 Å². The number of hydrogen-bond acceptors (Lipinski definition) is 4. The maximum Gasteiger partial charge on any atom is 0.248 e. The normalized spacial score (nSPS) is 16.4. The Kier molecular flexibility index (Phi) is 7.12. The van der Waals surface area contributed by atoms with Gasteiger partial charge in [0.2, 0.25) is 5.91 Å². The summed E-state index contributed by atoms with van der Waals surface area (Å²) in [5.41, 5.74) is 0. The van der Waals surface area contributed by atoms with Crippen molar-refractivity contribution < 1.29 is 14.3 Å². The molecule has 1 saturated heterocycles. The highest BCUT2D eigenvalue weighted by molar-refractivity contribution is 5.77. The molecule has 1 rings (SSSR count). The topological polar surface area (TPSA) is 50.8 Å². The van der Waals surface area contributed by atoms with Crippen LogP contribution in [0.4, 0.5) is 0 Å². The van der Waals surface area contributed by atoms with Gasteiger partial charge in [0.15, 0.2) is 0 Å². The number of rotatable bonds is 7. The van der Waals surface area contributed by atoms with Gasteiger partial charge in [0.25, 0.3) is 0 Å². The molecule has 1 fully saturated rings. The summed E-state index contributed by atoms with van der Waals surface area (Å²) >= 11 is 0. The second kappa shape index (κ2) is 8.50. The van der Waals surface area contributed by atoms with E-state index >= 15 is 0 Å². The maximum absolute atomic E-state index is 11.6. The van der Waals surface area contributed by atoms with Crippen molar-refractivity contribution in [3.63, 3.8) is 0 Å². The van der Waals surface area contributed by atoms with Crippen LogP contribution in [0.2, 0.25) is 0 Å². The van der Waals surface area contributed by atoms with Crippen molar-refractivity contribution in [2.75, 3.05) is 52.6 Å². The average Bonchev–Trinajstić information content (AvgIpc) is 2.34. The molecule has 1 heterocycles. The van der Waals surface area contributed by atoms with Crippen LogP contribution >= 0.6 is 0 Å². The van der Waals surface area contributed by atoms with E-state index in [1.54, 1.807) is 0 Å². The number of nitrogens with zero attached hydrogens (tertiary/aromatic N) is 1. The molecule has 94 valence electrons. The molecule has 0 radical (unpaired) electrons. The number of carbonyl (C=O) groups excluding carboxylic acids is 1. The van der Waals surface area contributed by atoms with Gasteiger partial charge >= 0.3 is 0 Å². The highest BCUT2D eigenvalue weighted by atomic mass is 16.5. The molecule has 0 aliphatic carbocycles. The van der Waals surface area contributed by atoms with Crippen molar-refractivity contribution in [1.29, 1.82) is 0 Å². The van der Waals surface area contributed by atoms with Crippen LogP contribution in [0.25, 0.3) is 0 Å². The molecule has 0 spiro atoms. The maximum atomic E-state index is 11.6. The van der Waals surface area contributed by atoms with Crippen LogP contribution < -0.4 is 5.32 Å². The third-order valence-corrected chi connectivity index (χ3v) is 2.42. The second-order valence-electron chi connectivity index (χ2n) is 3.80. The lowest BCUT2D eigenvalue weighted by atomic mass is 10.3. The van der Waals surface area contributed by atoms with E-state index in [-0.39, 0.29) is 12.5 Å². The second-order valence-corrected chi connectivity index (χ2v) is 3.80. The van der Waals surface area contributed by atoms with E-state index in [4.69, 9.17) is 9.47 Å². The fourth-order valence-electron chi connectivity index (χ4n) is 1.53. The lowest BCUT2D eigenvalue weighted by molar-refractivity contribution is -0.137. The van der Waals surface area contributed by atoms with Crippen LogP contribution in [0.3, 0.4) is 0 Å². The summed E-state index contributed by atoms with van der Waals surface area (Å²) in [7, 11) is 0. The first kappa shape index (κ1) is 13.4. The number of amides is 1. The lowest BCUT2D eigenvalue weighted by Gasteiger charge is -2.27. The number of hydrogen-bond donors (Lipinski definition) is 1. The van der Waals surface area contributed by atoms with E-state index in [2.05, 4.69) is 12.2 Å². The minimum absolute atomic E-state index is 0.0805. The first-order valence-electron chi connectivity index (χ1n) is 5.98. The van der Waals surface area contributed by atoms with Crippen molar-refractivity contribution in [3.8, 4) is 0 Å². The zero-order valence-corrected chi connectivity index (χ0v) is 10.0. The smallest absolute Gasteiger partial charge is 0.248 e. The summed E-state index contributed by atoms with van der Waals surface area (Å²) in [4.78, 5) is 13.5. The summed E-state index contributed by atoms with van der Waals surface area (Å²) in [5.74, 6) is 0.0805. The Hall–Kier alpha value is -0.650. The van der Waals surface area contributed by atoms with Crippen LogP contribution in [-0.4, -0.2) is 63.4 Å².